The second-order valence-electron chi connectivity index (χ2n) is 4.83. The van der Waals surface area contributed by atoms with Crippen LogP contribution in [-0.4, -0.2) is 24.8 Å². The number of halogens is 2. The van der Waals surface area contributed by atoms with E-state index in [1.807, 2.05) is 6.07 Å². The summed E-state index contributed by atoms with van der Waals surface area (Å²) < 4.78 is 13.6. The predicted octanol–water partition coefficient (Wildman–Crippen LogP) is 2.49. The van der Waals surface area contributed by atoms with E-state index < -0.39 is 0 Å². The Bertz CT molecular complexity index is 391. The highest BCUT2D eigenvalue weighted by atomic mass is 79.9. The fraction of sp³-hybridized carbons (Fsp3) is 0.538. The first-order valence-electron chi connectivity index (χ1n) is 5.91. The molecule has 0 radical (unpaired) electrons. The van der Waals surface area contributed by atoms with Crippen LogP contribution in [0.2, 0.25) is 0 Å². The fourth-order valence-electron chi connectivity index (χ4n) is 2.43. The van der Waals surface area contributed by atoms with Gasteiger partial charge in [0, 0.05) is 6.61 Å². The molecule has 1 heterocycles. The molecule has 0 spiro atoms. The number of hydrogen-bond acceptors (Lipinski definition) is 2. The van der Waals surface area contributed by atoms with Gasteiger partial charge in [0.15, 0.2) is 0 Å². The molecular formula is C13H17BrFNO. The highest BCUT2D eigenvalue weighted by Gasteiger charge is 2.31. The molecule has 4 heteroatoms. The smallest absolute Gasteiger partial charge is 0.137 e. The van der Waals surface area contributed by atoms with Crippen molar-refractivity contribution in [3.05, 3.63) is 34.1 Å². The fourth-order valence-corrected chi connectivity index (χ4v) is 2.86. The molecule has 1 aromatic rings. The van der Waals surface area contributed by atoms with E-state index in [9.17, 15) is 9.50 Å². The van der Waals surface area contributed by atoms with Crippen LogP contribution < -0.4 is 5.32 Å². The van der Waals surface area contributed by atoms with Crippen molar-refractivity contribution < 1.29 is 9.50 Å². The highest BCUT2D eigenvalue weighted by molar-refractivity contribution is 9.10. The number of rotatable bonds is 3. The maximum atomic E-state index is 13.1. The lowest BCUT2D eigenvalue weighted by molar-refractivity contribution is 0.0893. The van der Waals surface area contributed by atoms with Crippen LogP contribution >= 0.6 is 15.9 Å². The molecule has 17 heavy (non-hydrogen) atoms. The minimum atomic E-state index is -0.239. The summed E-state index contributed by atoms with van der Waals surface area (Å²) >= 11 is 3.20. The van der Waals surface area contributed by atoms with E-state index in [0.717, 1.165) is 37.9 Å². The van der Waals surface area contributed by atoms with Crippen molar-refractivity contribution >= 4 is 15.9 Å². The third-order valence-corrected chi connectivity index (χ3v) is 4.17. The van der Waals surface area contributed by atoms with E-state index in [1.54, 1.807) is 6.07 Å². The quantitative estimate of drug-likeness (QED) is 0.899. The van der Waals surface area contributed by atoms with Crippen LogP contribution in [0.4, 0.5) is 4.39 Å². The lowest BCUT2D eigenvalue weighted by atomic mass is 9.75. The average molecular weight is 302 g/mol. The predicted molar refractivity (Wildman–Crippen MR) is 69.4 cm³/mol. The molecule has 0 atom stereocenters. The molecule has 0 aromatic heterocycles. The maximum absolute atomic E-state index is 13.1. The van der Waals surface area contributed by atoms with Crippen molar-refractivity contribution in [3.63, 3.8) is 0 Å². The van der Waals surface area contributed by atoms with Gasteiger partial charge in [-0.2, -0.15) is 0 Å². The zero-order valence-corrected chi connectivity index (χ0v) is 11.3. The molecule has 94 valence electrons. The third-order valence-electron chi connectivity index (χ3n) is 3.56. The second-order valence-corrected chi connectivity index (χ2v) is 5.69. The van der Waals surface area contributed by atoms with Gasteiger partial charge in [-0.25, -0.2) is 4.39 Å². The minimum absolute atomic E-state index is 0.0392. The number of nitrogens with one attached hydrogen (secondary N) is 1. The van der Waals surface area contributed by atoms with Gasteiger partial charge in [-0.15, -0.1) is 0 Å². The van der Waals surface area contributed by atoms with Crippen molar-refractivity contribution in [2.45, 2.75) is 19.3 Å². The van der Waals surface area contributed by atoms with Gasteiger partial charge in [-0.05, 0) is 71.4 Å². The largest absolute Gasteiger partial charge is 0.396 e. The lowest BCUT2D eigenvalue weighted by Gasteiger charge is -2.36. The summed E-state index contributed by atoms with van der Waals surface area (Å²) in [4.78, 5) is 0. The first kappa shape index (κ1) is 13.0. The standard InChI is InChI=1S/C13H17BrFNO/c14-11-7-10(1-2-12(11)15)8-13(9-17)3-5-16-6-4-13/h1-2,7,16-17H,3-6,8-9H2. The molecular weight excluding hydrogens is 285 g/mol. The summed E-state index contributed by atoms with van der Waals surface area (Å²) in [6.07, 6.45) is 2.75. The molecule has 2 nitrogen and oxygen atoms in total. The molecule has 1 aliphatic rings. The van der Waals surface area contributed by atoms with E-state index in [1.165, 1.54) is 6.07 Å². The molecule has 2 N–H and O–H groups in total. The number of aliphatic hydroxyl groups excluding tert-OH is 1. The Morgan fingerprint density at radius 1 is 1.35 bits per heavy atom. The molecule has 0 amide bonds. The van der Waals surface area contributed by atoms with E-state index in [0.29, 0.717) is 4.47 Å². The van der Waals surface area contributed by atoms with Crippen molar-refractivity contribution in [3.8, 4) is 0 Å². The van der Waals surface area contributed by atoms with Gasteiger partial charge < -0.3 is 10.4 Å². The maximum Gasteiger partial charge on any atom is 0.137 e. The summed E-state index contributed by atoms with van der Waals surface area (Å²) in [5.74, 6) is -0.239. The van der Waals surface area contributed by atoms with Crippen LogP contribution in [-0.2, 0) is 6.42 Å². The molecule has 0 unspecified atom stereocenters. The van der Waals surface area contributed by atoms with Gasteiger partial charge in [0.25, 0.3) is 0 Å². The Morgan fingerprint density at radius 2 is 2.06 bits per heavy atom. The minimum Gasteiger partial charge on any atom is -0.396 e. The zero-order valence-electron chi connectivity index (χ0n) is 9.68. The van der Waals surface area contributed by atoms with Crippen LogP contribution in [0.15, 0.2) is 22.7 Å². The molecule has 2 rings (SSSR count). The van der Waals surface area contributed by atoms with E-state index >= 15 is 0 Å². The monoisotopic (exact) mass is 301 g/mol. The highest BCUT2D eigenvalue weighted by Crippen LogP contribution is 2.33. The van der Waals surface area contributed by atoms with Crippen LogP contribution in [0.5, 0.6) is 0 Å². The molecule has 0 aliphatic carbocycles. The van der Waals surface area contributed by atoms with E-state index in [-0.39, 0.29) is 17.8 Å². The topological polar surface area (TPSA) is 32.3 Å². The Kier molecular flexibility index (Phi) is 4.17. The van der Waals surface area contributed by atoms with Gasteiger partial charge in [-0.3, -0.25) is 0 Å². The SMILES string of the molecule is OCC1(Cc2ccc(F)c(Br)c2)CCNCC1. The van der Waals surface area contributed by atoms with Crippen LogP contribution in [0.1, 0.15) is 18.4 Å². The number of piperidine rings is 1. The number of hydrogen-bond donors (Lipinski definition) is 2. The zero-order chi connectivity index (χ0) is 12.3. The second kappa shape index (κ2) is 5.46. The molecule has 1 aromatic carbocycles. The van der Waals surface area contributed by atoms with Crippen LogP contribution in [0.25, 0.3) is 0 Å². The van der Waals surface area contributed by atoms with Gasteiger partial charge in [0.1, 0.15) is 5.82 Å². The van der Waals surface area contributed by atoms with Gasteiger partial charge in [0.2, 0.25) is 0 Å². The Balaban J connectivity index is 2.14. The van der Waals surface area contributed by atoms with Crippen LogP contribution in [0, 0.1) is 11.2 Å². The van der Waals surface area contributed by atoms with Gasteiger partial charge in [0.05, 0.1) is 4.47 Å². The first-order chi connectivity index (χ1) is 8.15. The molecule has 0 bridgehead atoms. The first-order valence-corrected chi connectivity index (χ1v) is 6.70. The van der Waals surface area contributed by atoms with Gasteiger partial charge in [-0.1, -0.05) is 6.07 Å². The molecule has 1 saturated heterocycles. The lowest BCUT2D eigenvalue weighted by Crippen LogP contribution is -2.40. The molecule has 1 fully saturated rings. The summed E-state index contributed by atoms with van der Waals surface area (Å²) in [6.45, 7) is 2.09. The van der Waals surface area contributed by atoms with Crippen molar-refractivity contribution in [1.29, 1.82) is 0 Å². The van der Waals surface area contributed by atoms with Crippen molar-refractivity contribution in [1.82, 2.24) is 5.32 Å². The van der Waals surface area contributed by atoms with Gasteiger partial charge >= 0.3 is 0 Å². The molecule has 1 aliphatic heterocycles. The summed E-state index contributed by atoms with van der Waals surface area (Å²) in [5, 5.41) is 12.9. The van der Waals surface area contributed by atoms with E-state index in [4.69, 9.17) is 0 Å². The summed E-state index contributed by atoms with van der Waals surface area (Å²) in [5.41, 5.74) is 1.04. The Hall–Kier alpha value is -0.450. The number of benzene rings is 1. The third kappa shape index (κ3) is 3.06. The summed E-state index contributed by atoms with van der Waals surface area (Å²) in [7, 11) is 0. The summed E-state index contributed by atoms with van der Waals surface area (Å²) in [6, 6.07) is 5.10. The average Bonchev–Trinajstić information content (AvgIpc) is 2.35. The van der Waals surface area contributed by atoms with Crippen molar-refractivity contribution in [2.75, 3.05) is 19.7 Å². The van der Waals surface area contributed by atoms with E-state index in [2.05, 4.69) is 21.2 Å². The number of aliphatic hydroxyl groups is 1. The normalized spacial score (nSPS) is 19.2. The van der Waals surface area contributed by atoms with Crippen LogP contribution in [0.3, 0.4) is 0 Å². The van der Waals surface area contributed by atoms with Crippen molar-refractivity contribution in [2.24, 2.45) is 5.41 Å². The molecule has 0 saturated carbocycles. The Morgan fingerprint density at radius 3 is 2.65 bits per heavy atom. The Labute approximate surface area is 109 Å².